The number of aliphatic hydroxyl groups excluding tert-OH is 1. The Labute approximate surface area is 176 Å². The van der Waals surface area contributed by atoms with Gasteiger partial charge in [-0.3, -0.25) is 4.79 Å². The molecule has 31 heavy (non-hydrogen) atoms. The Kier molecular flexibility index (Phi) is 4.16. The van der Waals surface area contributed by atoms with Crippen LogP contribution in [0.2, 0.25) is 0 Å². The van der Waals surface area contributed by atoms with E-state index in [2.05, 4.69) is 6.58 Å². The number of hydrogen-bond acceptors (Lipinski definition) is 8. The molecule has 8 heteroatoms. The maximum Gasteiger partial charge on any atom is 0.257 e. The molecule has 2 aliphatic rings. The summed E-state index contributed by atoms with van der Waals surface area (Å²) >= 11 is 0. The van der Waals surface area contributed by atoms with Crippen molar-refractivity contribution in [1.29, 1.82) is 0 Å². The molecule has 0 aliphatic carbocycles. The Morgan fingerprint density at radius 3 is 2.52 bits per heavy atom. The lowest BCUT2D eigenvalue weighted by atomic mass is 9.96. The quantitative estimate of drug-likeness (QED) is 0.616. The molecule has 0 spiro atoms. The fraction of sp³-hybridized carbons (Fsp3) is 0.261. The number of aliphatic hydroxyl groups is 1. The zero-order valence-corrected chi connectivity index (χ0v) is 17.1. The van der Waals surface area contributed by atoms with E-state index in [1.165, 1.54) is 26.4 Å². The number of ether oxygens (including phenoxy) is 4. The highest BCUT2D eigenvalue weighted by Crippen LogP contribution is 2.48. The first-order valence-electron chi connectivity index (χ1n) is 9.62. The van der Waals surface area contributed by atoms with Crippen LogP contribution in [0, 0.1) is 0 Å². The first-order chi connectivity index (χ1) is 14.8. The van der Waals surface area contributed by atoms with Crippen LogP contribution in [0.25, 0.3) is 22.1 Å². The summed E-state index contributed by atoms with van der Waals surface area (Å²) < 4.78 is 28.0. The molecular formula is C23H20O8. The summed E-state index contributed by atoms with van der Waals surface area (Å²) in [7, 11) is 2.94. The molecule has 2 aliphatic heterocycles. The highest BCUT2D eigenvalue weighted by Gasteiger charge is 2.35. The molecule has 0 amide bonds. The number of fused-ring (bicyclic) bond motifs is 6. The number of methoxy groups -OCH3 is 2. The molecule has 8 nitrogen and oxygen atoms in total. The van der Waals surface area contributed by atoms with Gasteiger partial charge in [0.1, 0.15) is 34.3 Å². The van der Waals surface area contributed by atoms with Crippen molar-refractivity contribution in [2.24, 2.45) is 0 Å². The van der Waals surface area contributed by atoms with E-state index in [0.717, 1.165) is 5.57 Å². The van der Waals surface area contributed by atoms with Crippen LogP contribution in [-0.4, -0.2) is 30.5 Å². The molecule has 0 bridgehead atoms. The molecule has 0 saturated heterocycles. The first-order valence-corrected chi connectivity index (χ1v) is 9.62. The van der Waals surface area contributed by atoms with Gasteiger partial charge in [-0.15, -0.1) is 0 Å². The molecule has 1 aromatic heterocycles. The van der Waals surface area contributed by atoms with E-state index in [9.17, 15) is 15.0 Å². The zero-order chi connectivity index (χ0) is 22.0. The van der Waals surface area contributed by atoms with Gasteiger partial charge in [0.05, 0.1) is 19.8 Å². The van der Waals surface area contributed by atoms with Gasteiger partial charge in [-0.25, -0.2) is 0 Å². The third kappa shape index (κ3) is 2.68. The van der Waals surface area contributed by atoms with E-state index in [-0.39, 0.29) is 39.9 Å². The summed E-state index contributed by atoms with van der Waals surface area (Å²) in [6.07, 6.45) is -1.38. The molecule has 160 valence electrons. The van der Waals surface area contributed by atoms with E-state index >= 15 is 0 Å². The van der Waals surface area contributed by atoms with Crippen molar-refractivity contribution >= 4 is 11.0 Å². The summed E-state index contributed by atoms with van der Waals surface area (Å²) in [5.41, 5.74) is 1.56. The lowest BCUT2D eigenvalue weighted by molar-refractivity contribution is -0.0377. The number of aromatic hydroxyl groups is 1. The standard InChI is InChI=1S/C23H20O8/c1-9(2)13-6-11-14(29-13)7-12(24)19-20(25)18-10-5-16(27-3)17(28-4)8-15(10)30-23(26)22(18)31-21(11)19/h5,7-8,13,23-24,26H,1,6H2,2-4H3/t13-,23-/m0/s1. The van der Waals surface area contributed by atoms with Gasteiger partial charge < -0.3 is 33.6 Å². The highest BCUT2D eigenvalue weighted by molar-refractivity contribution is 5.93. The van der Waals surface area contributed by atoms with Crippen LogP contribution in [0.15, 0.2) is 39.6 Å². The predicted molar refractivity (Wildman–Crippen MR) is 111 cm³/mol. The summed E-state index contributed by atoms with van der Waals surface area (Å²) in [6.45, 7) is 5.76. The predicted octanol–water partition coefficient (Wildman–Crippen LogP) is 3.45. The Hall–Kier alpha value is -3.65. The van der Waals surface area contributed by atoms with Crippen LogP contribution in [0.4, 0.5) is 0 Å². The van der Waals surface area contributed by atoms with E-state index in [1.807, 2.05) is 6.92 Å². The lowest BCUT2D eigenvalue weighted by Crippen LogP contribution is -2.20. The molecular weight excluding hydrogens is 404 g/mol. The van der Waals surface area contributed by atoms with Gasteiger partial charge in [-0.2, -0.15) is 0 Å². The minimum Gasteiger partial charge on any atom is -0.507 e. The van der Waals surface area contributed by atoms with Gasteiger partial charge in [0.25, 0.3) is 6.29 Å². The Morgan fingerprint density at radius 2 is 1.84 bits per heavy atom. The molecule has 3 aromatic rings. The zero-order valence-electron chi connectivity index (χ0n) is 17.1. The minimum atomic E-state index is -1.52. The van der Waals surface area contributed by atoms with Crippen LogP contribution in [0.3, 0.4) is 0 Å². The second-order valence-electron chi connectivity index (χ2n) is 7.58. The van der Waals surface area contributed by atoms with Gasteiger partial charge in [0.15, 0.2) is 17.3 Å². The van der Waals surface area contributed by atoms with Crippen molar-refractivity contribution in [1.82, 2.24) is 0 Å². The largest absolute Gasteiger partial charge is 0.507 e. The Morgan fingerprint density at radius 1 is 1.13 bits per heavy atom. The lowest BCUT2D eigenvalue weighted by Gasteiger charge is -2.25. The highest BCUT2D eigenvalue weighted by atomic mass is 16.6. The van der Waals surface area contributed by atoms with Crippen LogP contribution < -0.4 is 24.4 Å². The Bertz CT molecular complexity index is 1320. The van der Waals surface area contributed by atoms with Crippen molar-refractivity contribution in [2.75, 3.05) is 14.2 Å². The molecule has 0 saturated carbocycles. The topological polar surface area (TPSA) is 108 Å². The molecule has 0 unspecified atom stereocenters. The second-order valence-corrected chi connectivity index (χ2v) is 7.58. The van der Waals surface area contributed by atoms with E-state index < -0.39 is 11.7 Å². The van der Waals surface area contributed by atoms with Crippen molar-refractivity contribution in [2.45, 2.75) is 25.7 Å². The second kappa shape index (κ2) is 6.68. The van der Waals surface area contributed by atoms with E-state index in [1.54, 1.807) is 6.07 Å². The van der Waals surface area contributed by atoms with Gasteiger partial charge in [0, 0.05) is 29.7 Å². The molecule has 2 N–H and O–H groups in total. The SMILES string of the molecule is C=C(C)[C@@H]1Cc2c(cc(O)c3c(=O)c4c(oc23)[C@@H](O)Oc2cc(OC)c(OC)cc2-4)O1. The number of benzene rings is 2. The molecule has 2 atom stereocenters. The fourth-order valence-electron chi connectivity index (χ4n) is 4.10. The third-order valence-corrected chi connectivity index (χ3v) is 5.66. The van der Waals surface area contributed by atoms with Crippen molar-refractivity contribution in [3.05, 3.63) is 51.9 Å². The summed E-state index contributed by atoms with van der Waals surface area (Å²) in [5, 5.41) is 21.3. The van der Waals surface area contributed by atoms with Crippen LogP contribution in [-0.2, 0) is 6.42 Å². The van der Waals surface area contributed by atoms with Crippen LogP contribution >= 0.6 is 0 Å². The van der Waals surface area contributed by atoms with Gasteiger partial charge in [-0.1, -0.05) is 6.58 Å². The number of phenols is 1. The molecule has 3 heterocycles. The molecule has 0 fully saturated rings. The number of phenolic OH excluding ortho intramolecular Hbond substituents is 1. The number of rotatable bonds is 3. The minimum absolute atomic E-state index is 0.0123. The van der Waals surface area contributed by atoms with E-state index in [0.29, 0.717) is 34.8 Å². The molecule has 5 rings (SSSR count). The van der Waals surface area contributed by atoms with Crippen LogP contribution in [0.5, 0.6) is 28.7 Å². The average Bonchev–Trinajstić information content (AvgIpc) is 3.17. The Balaban J connectivity index is 1.82. The monoisotopic (exact) mass is 424 g/mol. The van der Waals surface area contributed by atoms with Crippen molar-refractivity contribution in [3.8, 4) is 39.9 Å². The summed E-state index contributed by atoms with van der Waals surface area (Å²) in [6, 6.07) is 4.51. The summed E-state index contributed by atoms with van der Waals surface area (Å²) in [5.74, 6) is 1.09. The normalized spacial score (nSPS) is 18.5. The molecule has 2 aromatic carbocycles. The molecule has 0 radical (unpaired) electrons. The van der Waals surface area contributed by atoms with Crippen LogP contribution in [0.1, 0.15) is 24.5 Å². The first kappa shape index (κ1) is 19.3. The van der Waals surface area contributed by atoms with Gasteiger partial charge in [0.2, 0.25) is 5.43 Å². The van der Waals surface area contributed by atoms with Gasteiger partial charge >= 0.3 is 0 Å². The van der Waals surface area contributed by atoms with Crippen molar-refractivity contribution < 1.29 is 33.6 Å². The fourth-order valence-corrected chi connectivity index (χ4v) is 4.10. The maximum atomic E-state index is 13.6. The maximum absolute atomic E-state index is 13.6. The summed E-state index contributed by atoms with van der Waals surface area (Å²) in [4.78, 5) is 13.6. The van der Waals surface area contributed by atoms with Gasteiger partial charge in [-0.05, 0) is 18.6 Å². The average molecular weight is 424 g/mol. The van der Waals surface area contributed by atoms with Crippen molar-refractivity contribution in [3.63, 3.8) is 0 Å². The third-order valence-electron chi connectivity index (χ3n) is 5.66. The smallest absolute Gasteiger partial charge is 0.257 e. The van der Waals surface area contributed by atoms with E-state index in [4.69, 9.17) is 23.4 Å². The number of hydrogen-bond donors (Lipinski definition) is 2.